The van der Waals surface area contributed by atoms with Crippen LogP contribution in [-0.4, -0.2) is 53.2 Å². The van der Waals surface area contributed by atoms with Gasteiger partial charge in [-0.1, -0.05) is 25.1 Å². The minimum absolute atomic E-state index is 0.00532. The van der Waals surface area contributed by atoms with Crippen LogP contribution in [-0.2, 0) is 11.2 Å². The van der Waals surface area contributed by atoms with E-state index in [1.807, 2.05) is 6.92 Å². The number of nitrogens with one attached hydrogen (secondary N) is 2. The number of nitrogens with zero attached hydrogens (tertiary/aromatic N) is 1. The van der Waals surface area contributed by atoms with Crippen molar-refractivity contribution in [3.63, 3.8) is 0 Å². The Morgan fingerprint density at radius 2 is 2.32 bits per heavy atom. The molecule has 3 N–H and O–H groups in total. The van der Waals surface area contributed by atoms with Crippen LogP contribution in [0, 0.1) is 5.92 Å². The van der Waals surface area contributed by atoms with E-state index in [4.69, 9.17) is 0 Å². The van der Waals surface area contributed by atoms with Crippen LogP contribution in [0.3, 0.4) is 0 Å². The zero-order valence-electron chi connectivity index (χ0n) is 14.7. The first-order chi connectivity index (χ1) is 12.1. The van der Waals surface area contributed by atoms with Crippen molar-refractivity contribution in [2.45, 2.75) is 31.8 Å². The van der Waals surface area contributed by atoms with Crippen molar-refractivity contribution in [1.29, 1.82) is 0 Å². The predicted molar refractivity (Wildman–Crippen MR) is 99.2 cm³/mol. The lowest BCUT2D eigenvalue weighted by Crippen LogP contribution is -2.48. The summed E-state index contributed by atoms with van der Waals surface area (Å²) in [7, 11) is 2.10. The third kappa shape index (κ3) is 2.68. The lowest BCUT2D eigenvalue weighted by atomic mass is 9.80. The summed E-state index contributed by atoms with van der Waals surface area (Å²) >= 11 is 0. The van der Waals surface area contributed by atoms with E-state index in [9.17, 15) is 9.90 Å². The fourth-order valence-corrected chi connectivity index (χ4v) is 4.20. The molecule has 0 saturated heterocycles. The molecule has 1 aliphatic heterocycles. The van der Waals surface area contributed by atoms with Gasteiger partial charge in [0.25, 0.3) is 0 Å². The molecular formula is C20H25N3O2. The molecule has 0 bridgehead atoms. The number of likely N-dealkylation sites (N-methyl/N-ethyl adjacent to an activating group) is 1. The number of rotatable bonds is 4. The van der Waals surface area contributed by atoms with E-state index in [2.05, 4.69) is 52.7 Å². The fraction of sp³-hybridized carbons (Fsp3) is 0.450. The van der Waals surface area contributed by atoms with Gasteiger partial charge in [-0.25, -0.2) is 0 Å². The van der Waals surface area contributed by atoms with Gasteiger partial charge in [0.05, 0.1) is 18.6 Å². The summed E-state index contributed by atoms with van der Waals surface area (Å²) in [6.07, 6.45) is 5.97. The first kappa shape index (κ1) is 16.4. The molecule has 0 saturated carbocycles. The standard InChI is InChI=1S/C20H25N3O2/c1-3-14(11-24)22-20(25)13-7-16-15-5-4-6-17-19(15)12(9-21-17)8-18(16)23(2)10-13/h4-7,9,13-14,18,21,24H,3,8,10-11H2,1-2H3,(H,22,25)/t13?,14-,18?/m0/s1. The molecule has 3 atom stereocenters. The first-order valence-electron chi connectivity index (χ1n) is 9.05. The highest BCUT2D eigenvalue weighted by Crippen LogP contribution is 2.40. The fourth-order valence-electron chi connectivity index (χ4n) is 4.20. The summed E-state index contributed by atoms with van der Waals surface area (Å²) in [6, 6.07) is 6.49. The Morgan fingerprint density at radius 1 is 1.48 bits per heavy atom. The molecule has 2 aliphatic rings. The summed E-state index contributed by atoms with van der Waals surface area (Å²) in [6.45, 7) is 2.66. The number of aromatic nitrogens is 1. The summed E-state index contributed by atoms with van der Waals surface area (Å²) in [4.78, 5) is 18.3. The van der Waals surface area contributed by atoms with Crippen molar-refractivity contribution in [2.75, 3.05) is 20.2 Å². The number of aliphatic hydroxyl groups is 1. The second-order valence-corrected chi connectivity index (χ2v) is 7.23. The second-order valence-electron chi connectivity index (χ2n) is 7.23. The second kappa shape index (κ2) is 6.32. The topological polar surface area (TPSA) is 68.4 Å². The van der Waals surface area contributed by atoms with Gasteiger partial charge in [0.1, 0.15) is 0 Å². The molecular weight excluding hydrogens is 314 g/mol. The van der Waals surface area contributed by atoms with Gasteiger partial charge in [-0.05, 0) is 42.7 Å². The molecule has 2 heterocycles. The number of aromatic amines is 1. The van der Waals surface area contributed by atoms with E-state index in [1.165, 1.54) is 22.1 Å². The average Bonchev–Trinajstić information content (AvgIpc) is 3.04. The highest BCUT2D eigenvalue weighted by atomic mass is 16.3. The van der Waals surface area contributed by atoms with E-state index < -0.39 is 0 Å². The van der Waals surface area contributed by atoms with Gasteiger partial charge in [-0.2, -0.15) is 0 Å². The predicted octanol–water partition coefficient (Wildman–Crippen LogP) is 1.92. The van der Waals surface area contributed by atoms with E-state index in [0.29, 0.717) is 12.6 Å². The number of fused-ring (bicyclic) bond motifs is 2. The molecule has 1 amide bonds. The Kier molecular flexibility index (Phi) is 4.13. The van der Waals surface area contributed by atoms with Crippen LogP contribution in [0.4, 0.5) is 0 Å². The maximum atomic E-state index is 12.7. The number of amides is 1. The van der Waals surface area contributed by atoms with Crippen LogP contribution in [0.2, 0.25) is 0 Å². The zero-order chi connectivity index (χ0) is 17.6. The van der Waals surface area contributed by atoms with Crippen LogP contribution < -0.4 is 5.32 Å². The monoisotopic (exact) mass is 339 g/mol. The van der Waals surface area contributed by atoms with Crippen molar-refractivity contribution in [3.05, 3.63) is 41.6 Å². The van der Waals surface area contributed by atoms with Gasteiger partial charge in [-0.3, -0.25) is 9.69 Å². The number of carbonyl (C=O) groups is 1. The molecule has 5 nitrogen and oxygen atoms in total. The van der Waals surface area contributed by atoms with Crippen molar-refractivity contribution in [1.82, 2.24) is 15.2 Å². The van der Waals surface area contributed by atoms with Crippen LogP contribution in [0.5, 0.6) is 0 Å². The van der Waals surface area contributed by atoms with Crippen LogP contribution in [0.1, 0.15) is 24.5 Å². The normalized spacial score (nSPS) is 23.9. The lowest BCUT2D eigenvalue weighted by Gasteiger charge is -2.39. The van der Waals surface area contributed by atoms with Gasteiger partial charge in [0, 0.05) is 29.7 Å². The zero-order valence-corrected chi connectivity index (χ0v) is 14.7. The molecule has 1 aromatic heterocycles. The van der Waals surface area contributed by atoms with Crippen molar-refractivity contribution in [3.8, 4) is 0 Å². The molecule has 0 spiro atoms. The summed E-state index contributed by atoms with van der Waals surface area (Å²) in [5.41, 5.74) is 5.01. The summed E-state index contributed by atoms with van der Waals surface area (Å²) in [5.74, 6) is -0.182. The maximum absolute atomic E-state index is 12.7. The molecule has 1 aromatic carbocycles. The Labute approximate surface area is 147 Å². The first-order valence-corrected chi connectivity index (χ1v) is 9.05. The highest BCUT2D eigenvalue weighted by Gasteiger charge is 2.35. The van der Waals surface area contributed by atoms with Gasteiger partial charge >= 0.3 is 0 Å². The molecule has 4 rings (SSSR count). The Balaban J connectivity index is 1.71. The maximum Gasteiger partial charge on any atom is 0.228 e. The molecule has 2 aromatic rings. The molecule has 5 heteroatoms. The van der Waals surface area contributed by atoms with E-state index in [-0.39, 0.29) is 24.5 Å². The molecule has 2 unspecified atom stereocenters. The Morgan fingerprint density at radius 3 is 3.08 bits per heavy atom. The van der Waals surface area contributed by atoms with Crippen LogP contribution in [0.25, 0.3) is 16.5 Å². The quantitative estimate of drug-likeness (QED) is 0.797. The largest absolute Gasteiger partial charge is 0.394 e. The number of aliphatic hydroxyl groups excluding tert-OH is 1. The molecule has 1 aliphatic carbocycles. The summed E-state index contributed by atoms with van der Waals surface area (Å²) in [5, 5.41) is 13.6. The van der Waals surface area contributed by atoms with Crippen molar-refractivity contribution < 1.29 is 9.90 Å². The van der Waals surface area contributed by atoms with Crippen LogP contribution in [0.15, 0.2) is 30.5 Å². The smallest absolute Gasteiger partial charge is 0.228 e. The molecule has 0 radical (unpaired) electrons. The minimum Gasteiger partial charge on any atom is -0.394 e. The Hall–Kier alpha value is -2.11. The van der Waals surface area contributed by atoms with Gasteiger partial charge < -0.3 is 15.4 Å². The van der Waals surface area contributed by atoms with E-state index >= 15 is 0 Å². The number of benzene rings is 1. The minimum atomic E-state index is -0.187. The molecule has 0 fully saturated rings. The summed E-state index contributed by atoms with van der Waals surface area (Å²) < 4.78 is 0. The molecule has 132 valence electrons. The lowest BCUT2D eigenvalue weighted by molar-refractivity contribution is -0.125. The molecule has 25 heavy (non-hydrogen) atoms. The average molecular weight is 339 g/mol. The van der Waals surface area contributed by atoms with Crippen molar-refractivity contribution in [2.24, 2.45) is 5.92 Å². The van der Waals surface area contributed by atoms with Gasteiger partial charge in [0.15, 0.2) is 0 Å². The highest BCUT2D eigenvalue weighted by molar-refractivity contribution is 5.99. The van der Waals surface area contributed by atoms with Crippen molar-refractivity contribution >= 4 is 22.4 Å². The third-order valence-corrected chi connectivity index (χ3v) is 5.66. The number of carbonyl (C=O) groups excluding carboxylic acids is 1. The van der Waals surface area contributed by atoms with E-state index in [0.717, 1.165) is 18.4 Å². The van der Waals surface area contributed by atoms with Gasteiger partial charge in [0.2, 0.25) is 5.91 Å². The number of H-pyrrole nitrogens is 1. The number of hydrogen-bond acceptors (Lipinski definition) is 3. The Bertz CT molecular complexity index is 835. The van der Waals surface area contributed by atoms with Crippen LogP contribution >= 0.6 is 0 Å². The van der Waals surface area contributed by atoms with E-state index in [1.54, 1.807) is 0 Å². The SMILES string of the molecule is CC[C@@H](CO)NC(=O)C1C=C2c3cccc4[nH]cc(c34)CC2N(C)C1. The third-order valence-electron chi connectivity index (χ3n) is 5.66. The number of hydrogen-bond donors (Lipinski definition) is 3. The van der Waals surface area contributed by atoms with Gasteiger partial charge in [-0.15, -0.1) is 0 Å².